The van der Waals surface area contributed by atoms with Crippen LogP contribution in [0, 0.1) is 19.8 Å². The van der Waals surface area contributed by atoms with E-state index in [1.54, 1.807) is 12.4 Å². The van der Waals surface area contributed by atoms with Crippen molar-refractivity contribution >= 4 is 0 Å². The summed E-state index contributed by atoms with van der Waals surface area (Å²) in [6.45, 7) is 10.2. The van der Waals surface area contributed by atoms with Gasteiger partial charge in [0.15, 0.2) is 0 Å². The van der Waals surface area contributed by atoms with E-state index in [1.165, 1.54) is 11.1 Å². The molecule has 1 heterocycles. The Hall–Kier alpha value is -1.94. The summed E-state index contributed by atoms with van der Waals surface area (Å²) in [5, 5.41) is 3.35. The Bertz CT molecular complexity index is 596. The first-order valence-corrected chi connectivity index (χ1v) is 7.31. The molecule has 2 rings (SSSR count). The molecule has 1 N–H and O–H groups in total. The Balaban J connectivity index is 2.01. The Morgan fingerprint density at radius 2 is 1.95 bits per heavy atom. The number of hydrogen-bond acceptors (Lipinski definition) is 4. The maximum absolute atomic E-state index is 5.78. The summed E-state index contributed by atoms with van der Waals surface area (Å²) in [4.78, 5) is 8.66. The van der Waals surface area contributed by atoms with Gasteiger partial charge < -0.3 is 10.1 Å². The zero-order chi connectivity index (χ0) is 15.2. The number of rotatable bonds is 6. The van der Waals surface area contributed by atoms with Gasteiger partial charge in [-0.2, -0.15) is 0 Å². The van der Waals surface area contributed by atoms with Crippen molar-refractivity contribution in [1.29, 1.82) is 0 Å². The van der Waals surface area contributed by atoms with Gasteiger partial charge in [0, 0.05) is 12.7 Å². The summed E-state index contributed by atoms with van der Waals surface area (Å²) < 4.78 is 5.78. The molecule has 0 saturated carbocycles. The Morgan fingerprint density at radius 1 is 1.14 bits per heavy atom. The van der Waals surface area contributed by atoms with Crippen molar-refractivity contribution in [2.45, 2.75) is 34.2 Å². The normalized spacial score (nSPS) is 10.9. The van der Waals surface area contributed by atoms with Crippen LogP contribution in [0.3, 0.4) is 0 Å². The van der Waals surface area contributed by atoms with E-state index >= 15 is 0 Å². The Kier molecular flexibility index (Phi) is 5.28. The molecule has 0 amide bonds. The van der Waals surface area contributed by atoms with E-state index in [9.17, 15) is 0 Å². The van der Waals surface area contributed by atoms with Crippen molar-refractivity contribution in [2.24, 2.45) is 5.92 Å². The highest BCUT2D eigenvalue weighted by Gasteiger charge is 2.03. The van der Waals surface area contributed by atoms with Crippen LogP contribution in [0.2, 0.25) is 0 Å². The molecule has 112 valence electrons. The van der Waals surface area contributed by atoms with Crippen molar-refractivity contribution < 1.29 is 4.74 Å². The number of benzene rings is 1. The highest BCUT2D eigenvalue weighted by Crippen LogP contribution is 2.21. The molecule has 1 aromatic carbocycles. The quantitative estimate of drug-likeness (QED) is 0.880. The maximum Gasteiger partial charge on any atom is 0.238 e. The summed E-state index contributed by atoms with van der Waals surface area (Å²) in [5.74, 6) is 1.94. The van der Waals surface area contributed by atoms with Gasteiger partial charge in [0.2, 0.25) is 5.88 Å². The van der Waals surface area contributed by atoms with Gasteiger partial charge in [-0.15, -0.1) is 0 Å². The second-order valence-corrected chi connectivity index (χ2v) is 5.72. The fraction of sp³-hybridized carbons (Fsp3) is 0.412. The Morgan fingerprint density at radius 3 is 2.67 bits per heavy atom. The van der Waals surface area contributed by atoms with Crippen LogP contribution in [0.25, 0.3) is 0 Å². The Labute approximate surface area is 126 Å². The zero-order valence-electron chi connectivity index (χ0n) is 13.2. The lowest BCUT2D eigenvalue weighted by Gasteiger charge is -2.09. The lowest BCUT2D eigenvalue weighted by Crippen LogP contribution is -2.19. The third-order valence-electron chi connectivity index (χ3n) is 3.22. The smallest absolute Gasteiger partial charge is 0.238 e. The first-order valence-electron chi connectivity index (χ1n) is 7.31. The first-order chi connectivity index (χ1) is 10.0. The highest BCUT2D eigenvalue weighted by atomic mass is 16.5. The molecule has 0 spiro atoms. The molecule has 4 heteroatoms. The SMILES string of the molecule is Cc1ccc(Oc2cncc(CNCC(C)C)n2)cc1C. The number of nitrogens with zero attached hydrogens (tertiary/aromatic N) is 2. The number of hydrogen-bond donors (Lipinski definition) is 1. The second kappa shape index (κ2) is 7.18. The fourth-order valence-corrected chi connectivity index (χ4v) is 1.91. The number of ether oxygens (including phenoxy) is 1. The molecule has 1 aromatic heterocycles. The highest BCUT2D eigenvalue weighted by molar-refractivity contribution is 5.35. The van der Waals surface area contributed by atoms with Gasteiger partial charge in [0.05, 0.1) is 11.9 Å². The van der Waals surface area contributed by atoms with Gasteiger partial charge in [0.1, 0.15) is 5.75 Å². The summed E-state index contributed by atoms with van der Waals surface area (Å²) in [6.07, 6.45) is 3.40. The standard InChI is InChI=1S/C17H23N3O/c1-12(2)8-18-9-15-10-19-11-17(20-15)21-16-6-5-13(3)14(4)7-16/h5-7,10-12,18H,8-9H2,1-4H3. The lowest BCUT2D eigenvalue weighted by atomic mass is 10.1. The molecule has 0 aliphatic carbocycles. The molecule has 0 saturated heterocycles. The third-order valence-corrected chi connectivity index (χ3v) is 3.22. The van der Waals surface area contributed by atoms with Crippen LogP contribution in [0.1, 0.15) is 30.7 Å². The predicted molar refractivity (Wildman–Crippen MR) is 84.6 cm³/mol. The average molecular weight is 285 g/mol. The minimum absolute atomic E-state index is 0.530. The molecule has 0 aliphatic heterocycles. The monoisotopic (exact) mass is 285 g/mol. The first kappa shape index (κ1) is 15.4. The second-order valence-electron chi connectivity index (χ2n) is 5.72. The van der Waals surface area contributed by atoms with Crippen LogP contribution in [0.5, 0.6) is 11.6 Å². The predicted octanol–water partition coefficient (Wildman–Crippen LogP) is 3.63. The van der Waals surface area contributed by atoms with Crippen LogP contribution < -0.4 is 10.1 Å². The molecule has 0 fully saturated rings. The summed E-state index contributed by atoms with van der Waals surface area (Å²) >= 11 is 0. The van der Waals surface area contributed by atoms with E-state index < -0.39 is 0 Å². The van der Waals surface area contributed by atoms with Crippen LogP contribution in [-0.2, 0) is 6.54 Å². The number of nitrogens with one attached hydrogen (secondary N) is 1. The maximum atomic E-state index is 5.78. The number of aromatic nitrogens is 2. The molecular formula is C17H23N3O. The van der Waals surface area contributed by atoms with E-state index in [4.69, 9.17) is 4.74 Å². The van der Waals surface area contributed by atoms with Gasteiger partial charge in [-0.1, -0.05) is 19.9 Å². The van der Waals surface area contributed by atoms with Crippen LogP contribution in [0.15, 0.2) is 30.6 Å². The van der Waals surface area contributed by atoms with Crippen LogP contribution in [-0.4, -0.2) is 16.5 Å². The zero-order valence-corrected chi connectivity index (χ0v) is 13.2. The summed E-state index contributed by atoms with van der Waals surface area (Å²) in [6, 6.07) is 6.01. The van der Waals surface area contributed by atoms with E-state index in [1.807, 2.05) is 18.2 Å². The van der Waals surface area contributed by atoms with Crippen molar-refractivity contribution in [2.75, 3.05) is 6.54 Å². The summed E-state index contributed by atoms with van der Waals surface area (Å²) in [7, 11) is 0. The molecule has 0 atom stereocenters. The molecule has 0 aliphatic rings. The molecule has 4 nitrogen and oxygen atoms in total. The molecule has 0 bridgehead atoms. The van der Waals surface area contributed by atoms with E-state index in [0.717, 1.165) is 18.0 Å². The van der Waals surface area contributed by atoms with Gasteiger partial charge in [-0.3, -0.25) is 4.98 Å². The van der Waals surface area contributed by atoms with Crippen molar-refractivity contribution in [3.05, 3.63) is 47.4 Å². The van der Waals surface area contributed by atoms with Gasteiger partial charge >= 0.3 is 0 Å². The average Bonchev–Trinajstić information content (AvgIpc) is 2.43. The van der Waals surface area contributed by atoms with E-state index in [0.29, 0.717) is 18.3 Å². The fourth-order valence-electron chi connectivity index (χ4n) is 1.91. The molecular weight excluding hydrogens is 262 g/mol. The topological polar surface area (TPSA) is 47.0 Å². The molecule has 0 unspecified atom stereocenters. The minimum atomic E-state index is 0.530. The summed E-state index contributed by atoms with van der Waals surface area (Å²) in [5.41, 5.74) is 3.34. The minimum Gasteiger partial charge on any atom is -0.437 e. The van der Waals surface area contributed by atoms with Gasteiger partial charge in [-0.05, 0) is 49.6 Å². The largest absolute Gasteiger partial charge is 0.437 e. The third kappa shape index (κ3) is 4.83. The van der Waals surface area contributed by atoms with Gasteiger partial charge in [-0.25, -0.2) is 4.98 Å². The van der Waals surface area contributed by atoms with Crippen molar-refractivity contribution in [1.82, 2.24) is 15.3 Å². The van der Waals surface area contributed by atoms with Gasteiger partial charge in [0.25, 0.3) is 0 Å². The molecule has 21 heavy (non-hydrogen) atoms. The molecule has 2 aromatic rings. The van der Waals surface area contributed by atoms with Crippen molar-refractivity contribution in [3.63, 3.8) is 0 Å². The number of aryl methyl sites for hydroxylation is 2. The van der Waals surface area contributed by atoms with Crippen molar-refractivity contribution in [3.8, 4) is 11.6 Å². The van der Waals surface area contributed by atoms with Crippen LogP contribution in [0.4, 0.5) is 0 Å². The van der Waals surface area contributed by atoms with E-state index in [2.05, 4.69) is 43.0 Å². The lowest BCUT2D eigenvalue weighted by molar-refractivity contribution is 0.454. The molecule has 0 radical (unpaired) electrons. The van der Waals surface area contributed by atoms with E-state index in [-0.39, 0.29) is 0 Å². The van der Waals surface area contributed by atoms with Crippen LogP contribution >= 0.6 is 0 Å².